The molecule has 0 aliphatic heterocycles. The Morgan fingerprint density at radius 1 is 1.23 bits per heavy atom. The first-order valence-corrected chi connectivity index (χ1v) is 7.55. The minimum atomic E-state index is -0.116. The lowest BCUT2D eigenvalue weighted by Crippen LogP contribution is -2.26. The number of benzene rings is 1. The number of amides is 1. The van der Waals surface area contributed by atoms with Crippen LogP contribution in [-0.4, -0.2) is 29.4 Å². The van der Waals surface area contributed by atoms with Crippen molar-refractivity contribution in [3.63, 3.8) is 0 Å². The van der Waals surface area contributed by atoms with Crippen LogP contribution in [-0.2, 0) is 6.54 Å². The van der Waals surface area contributed by atoms with Crippen LogP contribution in [0.15, 0.2) is 36.5 Å². The van der Waals surface area contributed by atoms with E-state index in [4.69, 9.17) is 27.9 Å². The smallest absolute Gasteiger partial charge is 0.254 e. The van der Waals surface area contributed by atoms with Crippen LogP contribution in [0.2, 0.25) is 10.0 Å². The number of rotatable bonds is 5. The van der Waals surface area contributed by atoms with Crippen LogP contribution >= 0.6 is 23.2 Å². The van der Waals surface area contributed by atoms with E-state index in [1.807, 2.05) is 13.0 Å². The highest BCUT2D eigenvalue weighted by molar-refractivity contribution is 6.42. The van der Waals surface area contributed by atoms with E-state index in [2.05, 4.69) is 4.98 Å². The molecule has 2 rings (SSSR count). The second-order valence-electron chi connectivity index (χ2n) is 4.73. The van der Waals surface area contributed by atoms with Crippen LogP contribution in [0.5, 0.6) is 5.88 Å². The molecule has 1 aromatic carbocycles. The molecule has 0 aliphatic rings. The van der Waals surface area contributed by atoms with Gasteiger partial charge in [-0.25, -0.2) is 4.98 Å². The zero-order valence-corrected chi connectivity index (χ0v) is 13.9. The van der Waals surface area contributed by atoms with Crippen molar-refractivity contribution in [2.45, 2.75) is 13.5 Å². The summed E-state index contributed by atoms with van der Waals surface area (Å²) < 4.78 is 5.31. The lowest BCUT2D eigenvalue weighted by atomic mass is 10.2. The minimum Gasteiger partial charge on any atom is -0.478 e. The molecule has 4 nitrogen and oxygen atoms in total. The normalized spacial score (nSPS) is 10.4. The average Bonchev–Trinajstić information content (AvgIpc) is 2.51. The summed E-state index contributed by atoms with van der Waals surface area (Å²) in [6.45, 7) is 2.80. The average molecular weight is 339 g/mol. The molecule has 0 fully saturated rings. The minimum absolute atomic E-state index is 0.116. The number of hydrogen-bond acceptors (Lipinski definition) is 3. The zero-order valence-electron chi connectivity index (χ0n) is 12.3. The Kier molecular flexibility index (Phi) is 5.63. The second kappa shape index (κ2) is 7.47. The van der Waals surface area contributed by atoms with Crippen molar-refractivity contribution in [3.8, 4) is 5.88 Å². The third kappa shape index (κ3) is 4.12. The van der Waals surface area contributed by atoms with Crippen LogP contribution in [0.1, 0.15) is 22.8 Å². The van der Waals surface area contributed by atoms with Crippen molar-refractivity contribution in [2.75, 3.05) is 13.7 Å². The van der Waals surface area contributed by atoms with Crippen LogP contribution in [0.3, 0.4) is 0 Å². The van der Waals surface area contributed by atoms with Gasteiger partial charge in [-0.2, -0.15) is 0 Å². The van der Waals surface area contributed by atoms with Gasteiger partial charge < -0.3 is 9.64 Å². The molecule has 22 heavy (non-hydrogen) atoms. The molecule has 1 aromatic heterocycles. The predicted octanol–water partition coefficient (Wildman–Crippen LogP) is 4.06. The number of halogens is 2. The summed E-state index contributed by atoms with van der Waals surface area (Å²) in [7, 11) is 1.73. The Labute approximate surface area is 139 Å². The third-order valence-electron chi connectivity index (χ3n) is 3.02. The molecule has 0 radical (unpaired) electrons. The SMILES string of the molecule is CCOc1cc(C(=O)N(C)Cc2ccc(Cl)c(Cl)c2)ccn1. The Bertz CT molecular complexity index is 677. The number of hydrogen-bond donors (Lipinski definition) is 0. The van der Waals surface area contributed by atoms with Gasteiger partial charge in [-0.1, -0.05) is 29.3 Å². The predicted molar refractivity (Wildman–Crippen MR) is 87.7 cm³/mol. The maximum atomic E-state index is 12.4. The molecule has 0 N–H and O–H groups in total. The summed E-state index contributed by atoms with van der Waals surface area (Å²) >= 11 is 11.9. The summed E-state index contributed by atoms with van der Waals surface area (Å²) in [4.78, 5) is 18.1. The van der Waals surface area contributed by atoms with Gasteiger partial charge in [-0.15, -0.1) is 0 Å². The molecule has 116 valence electrons. The second-order valence-corrected chi connectivity index (χ2v) is 5.54. The van der Waals surface area contributed by atoms with Crippen molar-refractivity contribution in [3.05, 3.63) is 57.7 Å². The van der Waals surface area contributed by atoms with E-state index in [0.717, 1.165) is 5.56 Å². The van der Waals surface area contributed by atoms with Crippen molar-refractivity contribution in [1.29, 1.82) is 0 Å². The Hall–Kier alpha value is -1.78. The van der Waals surface area contributed by atoms with Gasteiger partial charge in [0.2, 0.25) is 5.88 Å². The molecular formula is C16H16Cl2N2O2. The van der Waals surface area contributed by atoms with Gasteiger partial charge in [0.15, 0.2) is 0 Å². The summed E-state index contributed by atoms with van der Waals surface area (Å²) in [5, 5.41) is 0.970. The van der Waals surface area contributed by atoms with Gasteiger partial charge >= 0.3 is 0 Å². The lowest BCUT2D eigenvalue weighted by molar-refractivity contribution is 0.0784. The number of carbonyl (C=O) groups excluding carboxylic acids is 1. The molecular weight excluding hydrogens is 323 g/mol. The van der Waals surface area contributed by atoms with Crippen molar-refractivity contribution < 1.29 is 9.53 Å². The Balaban J connectivity index is 2.11. The van der Waals surface area contributed by atoms with Gasteiger partial charge in [0.05, 0.1) is 16.7 Å². The maximum Gasteiger partial charge on any atom is 0.254 e. The van der Waals surface area contributed by atoms with E-state index in [1.165, 1.54) is 0 Å². The molecule has 1 heterocycles. The van der Waals surface area contributed by atoms with Crippen molar-refractivity contribution in [1.82, 2.24) is 9.88 Å². The fourth-order valence-electron chi connectivity index (χ4n) is 1.97. The fourth-order valence-corrected chi connectivity index (χ4v) is 2.29. The number of pyridine rings is 1. The van der Waals surface area contributed by atoms with E-state index in [9.17, 15) is 4.79 Å². The van der Waals surface area contributed by atoms with E-state index >= 15 is 0 Å². The first-order valence-electron chi connectivity index (χ1n) is 6.79. The van der Waals surface area contributed by atoms with Crippen LogP contribution in [0.4, 0.5) is 0 Å². The molecule has 0 saturated heterocycles. The standard InChI is InChI=1S/C16H16Cl2N2O2/c1-3-22-15-9-12(6-7-19-15)16(21)20(2)10-11-4-5-13(17)14(18)8-11/h4-9H,3,10H2,1-2H3. The highest BCUT2D eigenvalue weighted by Gasteiger charge is 2.14. The molecule has 0 unspecified atom stereocenters. The summed E-state index contributed by atoms with van der Waals surface area (Å²) in [5.74, 6) is 0.325. The fraction of sp³-hybridized carbons (Fsp3) is 0.250. The first-order chi connectivity index (χ1) is 10.5. The molecule has 1 amide bonds. The Morgan fingerprint density at radius 3 is 2.68 bits per heavy atom. The molecule has 0 saturated carbocycles. The lowest BCUT2D eigenvalue weighted by Gasteiger charge is -2.18. The number of carbonyl (C=O) groups is 1. The molecule has 0 spiro atoms. The van der Waals surface area contributed by atoms with Crippen LogP contribution in [0.25, 0.3) is 0 Å². The monoisotopic (exact) mass is 338 g/mol. The third-order valence-corrected chi connectivity index (χ3v) is 3.76. The highest BCUT2D eigenvalue weighted by Crippen LogP contribution is 2.23. The molecule has 0 atom stereocenters. The zero-order chi connectivity index (χ0) is 16.1. The van der Waals surface area contributed by atoms with Gasteiger partial charge in [-0.05, 0) is 30.7 Å². The van der Waals surface area contributed by atoms with Crippen molar-refractivity contribution in [2.24, 2.45) is 0 Å². The van der Waals surface area contributed by atoms with Gasteiger partial charge in [0.1, 0.15) is 0 Å². The van der Waals surface area contributed by atoms with Crippen LogP contribution < -0.4 is 4.74 Å². The molecule has 2 aromatic rings. The quantitative estimate of drug-likeness (QED) is 0.825. The number of ether oxygens (including phenoxy) is 1. The molecule has 0 bridgehead atoms. The highest BCUT2D eigenvalue weighted by atomic mass is 35.5. The largest absolute Gasteiger partial charge is 0.478 e. The summed E-state index contributed by atoms with van der Waals surface area (Å²) in [6, 6.07) is 8.62. The Morgan fingerprint density at radius 2 is 2.00 bits per heavy atom. The summed E-state index contributed by atoms with van der Waals surface area (Å²) in [6.07, 6.45) is 1.56. The van der Waals surface area contributed by atoms with Crippen LogP contribution in [0, 0.1) is 0 Å². The summed E-state index contributed by atoms with van der Waals surface area (Å²) in [5.41, 5.74) is 1.44. The van der Waals surface area contributed by atoms with E-state index in [1.54, 1.807) is 42.4 Å². The first kappa shape index (κ1) is 16.6. The van der Waals surface area contributed by atoms with Gasteiger partial charge in [0.25, 0.3) is 5.91 Å². The molecule has 6 heteroatoms. The maximum absolute atomic E-state index is 12.4. The van der Waals surface area contributed by atoms with Gasteiger partial charge in [0, 0.05) is 31.4 Å². The van der Waals surface area contributed by atoms with Crippen molar-refractivity contribution >= 4 is 29.1 Å². The number of nitrogens with zero attached hydrogens (tertiary/aromatic N) is 2. The van der Waals surface area contributed by atoms with E-state index in [0.29, 0.717) is 34.6 Å². The topological polar surface area (TPSA) is 42.4 Å². The molecule has 0 aliphatic carbocycles. The number of aromatic nitrogens is 1. The van der Waals surface area contributed by atoms with E-state index in [-0.39, 0.29) is 5.91 Å². The van der Waals surface area contributed by atoms with Gasteiger partial charge in [-0.3, -0.25) is 4.79 Å². The van der Waals surface area contributed by atoms with E-state index < -0.39 is 0 Å².